The molecule has 0 radical (unpaired) electrons. The Kier molecular flexibility index (Phi) is 7.48. The van der Waals surface area contributed by atoms with Crippen molar-refractivity contribution in [2.24, 2.45) is 0 Å². The summed E-state index contributed by atoms with van der Waals surface area (Å²) in [5.74, 6) is -2.84. The third kappa shape index (κ3) is 6.19. The van der Waals surface area contributed by atoms with Gasteiger partial charge in [-0.25, -0.2) is 0 Å². The van der Waals surface area contributed by atoms with E-state index < -0.39 is 54.6 Å². The molecule has 1 aliphatic heterocycles. The highest BCUT2D eigenvalue weighted by Gasteiger charge is 2.53. The lowest BCUT2D eigenvalue weighted by atomic mass is 9.98. The van der Waals surface area contributed by atoms with E-state index in [9.17, 15) is 19.2 Å². The van der Waals surface area contributed by atoms with Crippen LogP contribution >= 0.6 is 0 Å². The maximum atomic E-state index is 11.8. The van der Waals surface area contributed by atoms with Crippen LogP contribution in [-0.4, -0.2) is 66.2 Å². The first-order valence-corrected chi connectivity index (χ1v) is 9.96. The van der Waals surface area contributed by atoms with Crippen LogP contribution in [0.25, 0.3) is 11.1 Å². The van der Waals surface area contributed by atoms with Crippen molar-refractivity contribution in [2.45, 2.75) is 58.4 Å². The standard InChI is InChI=1S/C21H23NO11/c1-10(23)27-9-16-17(28-11(2)24)18(29-12(3)25)19(30-13(4)26)20(31-16)33-21-22-14-7-5-6-8-15(14)32-21/h5-8,16-20H,9H2,1-4H3/t16-,17-,18+,19-,20-/m1/s1. The molecule has 5 atom stereocenters. The zero-order valence-electron chi connectivity index (χ0n) is 18.3. The minimum absolute atomic E-state index is 0.211. The maximum absolute atomic E-state index is 11.8. The predicted molar refractivity (Wildman–Crippen MR) is 107 cm³/mol. The molecule has 1 saturated heterocycles. The van der Waals surface area contributed by atoms with Gasteiger partial charge in [0.05, 0.1) is 0 Å². The van der Waals surface area contributed by atoms with Crippen LogP contribution in [-0.2, 0) is 42.9 Å². The van der Waals surface area contributed by atoms with Crippen LogP contribution in [0.3, 0.4) is 0 Å². The summed E-state index contributed by atoms with van der Waals surface area (Å²) in [7, 11) is 0. The molecule has 1 aliphatic rings. The maximum Gasteiger partial charge on any atom is 0.397 e. The molecule has 1 fully saturated rings. The van der Waals surface area contributed by atoms with E-state index in [0.717, 1.165) is 20.8 Å². The van der Waals surface area contributed by atoms with Crippen LogP contribution in [0.5, 0.6) is 6.08 Å². The smallest absolute Gasteiger partial charge is 0.397 e. The normalized spacial score (nSPS) is 24.5. The van der Waals surface area contributed by atoms with Gasteiger partial charge < -0.3 is 32.8 Å². The number of carbonyl (C=O) groups excluding carboxylic acids is 4. The second kappa shape index (κ2) is 10.3. The Morgan fingerprint density at radius 1 is 0.848 bits per heavy atom. The molecule has 1 aromatic heterocycles. The number of rotatable bonds is 7. The third-order valence-electron chi connectivity index (χ3n) is 4.44. The summed E-state index contributed by atoms with van der Waals surface area (Å²) in [6, 6.07) is 6.86. The summed E-state index contributed by atoms with van der Waals surface area (Å²) in [4.78, 5) is 50.9. The Bertz CT molecular complexity index is 999. The molecule has 178 valence electrons. The number of ether oxygens (including phenoxy) is 6. The lowest BCUT2D eigenvalue weighted by Crippen LogP contribution is -2.63. The van der Waals surface area contributed by atoms with Crippen molar-refractivity contribution in [3.05, 3.63) is 24.3 Å². The van der Waals surface area contributed by atoms with Gasteiger partial charge >= 0.3 is 30.0 Å². The molecule has 0 amide bonds. The van der Waals surface area contributed by atoms with Crippen LogP contribution in [0.1, 0.15) is 27.7 Å². The van der Waals surface area contributed by atoms with Gasteiger partial charge in [-0.05, 0) is 12.1 Å². The van der Waals surface area contributed by atoms with Crippen molar-refractivity contribution >= 4 is 35.0 Å². The molecule has 2 aromatic rings. The van der Waals surface area contributed by atoms with Gasteiger partial charge in [0, 0.05) is 27.7 Å². The molecular weight excluding hydrogens is 442 g/mol. The molecule has 0 bridgehead atoms. The van der Waals surface area contributed by atoms with Gasteiger partial charge in [-0.3, -0.25) is 19.2 Å². The largest absolute Gasteiger partial charge is 0.463 e. The Balaban J connectivity index is 1.98. The number of esters is 4. The molecule has 12 heteroatoms. The van der Waals surface area contributed by atoms with Gasteiger partial charge in [0.25, 0.3) is 0 Å². The highest BCUT2D eigenvalue weighted by Crippen LogP contribution is 2.31. The molecule has 0 saturated carbocycles. The van der Waals surface area contributed by atoms with Crippen LogP contribution in [0, 0.1) is 0 Å². The monoisotopic (exact) mass is 465 g/mol. The van der Waals surface area contributed by atoms with Crippen molar-refractivity contribution in [1.82, 2.24) is 4.98 Å². The summed E-state index contributed by atoms with van der Waals surface area (Å²) < 4.78 is 38.0. The van der Waals surface area contributed by atoms with Gasteiger partial charge in [0.1, 0.15) is 18.2 Å². The number of oxazole rings is 1. The summed E-state index contributed by atoms with van der Waals surface area (Å²) in [6.45, 7) is 4.21. The molecule has 1 aromatic carbocycles. The van der Waals surface area contributed by atoms with Crippen LogP contribution in [0.4, 0.5) is 0 Å². The Labute approximate surface area is 188 Å². The summed E-state index contributed by atoms with van der Waals surface area (Å²) in [5, 5.41) is 0. The fourth-order valence-corrected chi connectivity index (χ4v) is 3.28. The van der Waals surface area contributed by atoms with Crippen LogP contribution in [0.15, 0.2) is 28.7 Å². The van der Waals surface area contributed by atoms with Gasteiger partial charge in [-0.15, -0.1) is 0 Å². The second-order valence-electron chi connectivity index (χ2n) is 7.13. The van der Waals surface area contributed by atoms with E-state index in [1.165, 1.54) is 6.92 Å². The predicted octanol–water partition coefficient (Wildman–Crippen LogP) is 1.29. The number of para-hydroxylation sites is 2. The van der Waals surface area contributed by atoms with Crippen LogP contribution in [0.2, 0.25) is 0 Å². The van der Waals surface area contributed by atoms with Gasteiger partial charge in [0.15, 0.2) is 17.8 Å². The molecule has 12 nitrogen and oxygen atoms in total. The van der Waals surface area contributed by atoms with E-state index in [1.807, 2.05) is 0 Å². The minimum Gasteiger partial charge on any atom is -0.463 e. The Hall–Kier alpha value is -3.67. The van der Waals surface area contributed by atoms with E-state index in [1.54, 1.807) is 24.3 Å². The molecule has 0 aliphatic carbocycles. The van der Waals surface area contributed by atoms with Crippen molar-refractivity contribution in [1.29, 1.82) is 0 Å². The third-order valence-corrected chi connectivity index (χ3v) is 4.44. The molecule has 0 spiro atoms. The van der Waals surface area contributed by atoms with Gasteiger partial charge in [-0.1, -0.05) is 12.1 Å². The van der Waals surface area contributed by atoms with E-state index in [2.05, 4.69) is 4.98 Å². The highest BCUT2D eigenvalue weighted by atomic mass is 16.8. The van der Waals surface area contributed by atoms with Crippen molar-refractivity contribution in [2.75, 3.05) is 6.61 Å². The fraction of sp³-hybridized carbons (Fsp3) is 0.476. The number of carbonyl (C=O) groups is 4. The summed E-state index contributed by atoms with van der Waals surface area (Å²) in [6.07, 6.45) is -6.77. The van der Waals surface area contributed by atoms with Crippen molar-refractivity contribution < 1.29 is 52.0 Å². The average molecular weight is 465 g/mol. The highest BCUT2D eigenvalue weighted by molar-refractivity contribution is 5.72. The topological polar surface area (TPSA) is 150 Å². The minimum atomic E-state index is -1.42. The van der Waals surface area contributed by atoms with Gasteiger partial charge in [-0.2, -0.15) is 4.98 Å². The first-order valence-electron chi connectivity index (χ1n) is 9.96. The lowest BCUT2D eigenvalue weighted by molar-refractivity contribution is -0.291. The lowest BCUT2D eigenvalue weighted by Gasteiger charge is -2.43. The number of hydrogen-bond donors (Lipinski definition) is 0. The number of fused-ring (bicyclic) bond motifs is 1. The van der Waals surface area contributed by atoms with Crippen molar-refractivity contribution in [3.8, 4) is 6.08 Å². The Morgan fingerprint density at radius 2 is 1.45 bits per heavy atom. The van der Waals surface area contributed by atoms with Gasteiger partial charge in [0.2, 0.25) is 12.4 Å². The average Bonchev–Trinajstić information content (AvgIpc) is 3.12. The van der Waals surface area contributed by atoms with E-state index in [4.69, 9.17) is 32.8 Å². The summed E-state index contributed by atoms with van der Waals surface area (Å²) in [5.41, 5.74) is 0.927. The Morgan fingerprint density at radius 3 is 2.06 bits per heavy atom. The number of aromatic nitrogens is 1. The second-order valence-corrected chi connectivity index (χ2v) is 7.13. The van der Waals surface area contributed by atoms with E-state index >= 15 is 0 Å². The summed E-state index contributed by atoms with van der Waals surface area (Å²) >= 11 is 0. The van der Waals surface area contributed by atoms with E-state index in [-0.39, 0.29) is 12.7 Å². The first kappa shape index (κ1) is 24.0. The zero-order chi connectivity index (χ0) is 24.1. The SMILES string of the molecule is CC(=O)OC[C@H]1O[C@H](Oc2nc3ccccc3o2)[C@H](OC(C)=O)[C@@H](OC(C)=O)[C@@H]1OC(C)=O. The van der Waals surface area contributed by atoms with E-state index in [0.29, 0.717) is 11.1 Å². The molecule has 3 rings (SSSR count). The number of nitrogens with zero attached hydrogens (tertiary/aromatic N) is 1. The number of benzene rings is 1. The first-order chi connectivity index (χ1) is 15.6. The fourth-order valence-electron chi connectivity index (χ4n) is 3.28. The zero-order valence-corrected chi connectivity index (χ0v) is 18.3. The molecular formula is C21H23NO11. The quantitative estimate of drug-likeness (QED) is 0.428. The molecule has 33 heavy (non-hydrogen) atoms. The molecule has 0 N–H and O–H groups in total. The molecule has 2 heterocycles. The van der Waals surface area contributed by atoms with Crippen LogP contribution < -0.4 is 4.74 Å². The van der Waals surface area contributed by atoms with Crippen molar-refractivity contribution in [3.63, 3.8) is 0 Å². The number of hydrogen-bond acceptors (Lipinski definition) is 12. The molecule has 0 unspecified atom stereocenters.